The Hall–Kier alpha value is -2.63. The van der Waals surface area contributed by atoms with Gasteiger partial charge in [0.1, 0.15) is 12.4 Å². The second-order valence-electron chi connectivity index (χ2n) is 12.1. The zero-order valence-corrected chi connectivity index (χ0v) is 27.1. The van der Waals surface area contributed by atoms with E-state index in [1.165, 1.54) is 7.11 Å². The lowest BCUT2D eigenvalue weighted by Gasteiger charge is -2.42. The molecule has 11 heteroatoms. The lowest BCUT2D eigenvalue weighted by molar-refractivity contribution is 0.0461. The van der Waals surface area contributed by atoms with Gasteiger partial charge in [0.15, 0.2) is 0 Å². The topological polar surface area (TPSA) is 139 Å². The van der Waals surface area contributed by atoms with Crippen molar-refractivity contribution < 1.29 is 32.9 Å². The predicted octanol–water partition coefficient (Wildman–Crippen LogP) is 5.42. The Morgan fingerprint density at radius 2 is 2.00 bits per heavy atom. The van der Waals surface area contributed by atoms with Crippen LogP contribution >= 0.6 is 11.6 Å². The number of carbonyl (C=O) groups is 1. The summed E-state index contributed by atoms with van der Waals surface area (Å²) in [5.74, 6) is -0.346. The number of aromatic carboxylic acids is 1. The highest BCUT2D eigenvalue weighted by molar-refractivity contribution is 7.89. The number of aliphatic hydroxyl groups is 1. The van der Waals surface area contributed by atoms with Crippen molar-refractivity contribution in [2.45, 2.75) is 69.8 Å². The molecule has 1 aliphatic carbocycles. The Balaban J connectivity index is 1.47. The molecule has 44 heavy (non-hydrogen) atoms. The number of benzene rings is 2. The molecule has 2 aromatic rings. The van der Waals surface area contributed by atoms with E-state index in [1.807, 2.05) is 31.2 Å². The molecule has 0 saturated heterocycles. The number of sulfonamides is 1. The van der Waals surface area contributed by atoms with Crippen molar-refractivity contribution in [2.24, 2.45) is 22.9 Å². The molecule has 4 rings (SSSR count). The number of anilines is 1. The van der Waals surface area contributed by atoms with Crippen molar-refractivity contribution in [1.29, 1.82) is 0 Å². The van der Waals surface area contributed by atoms with Crippen LogP contribution in [0.4, 0.5) is 5.69 Å². The number of rotatable bonds is 12. The third kappa shape index (κ3) is 8.97. The van der Waals surface area contributed by atoms with Gasteiger partial charge in [0.05, 0.1) is 22.6 Å². The van der Waals surface area contributed by atoms with Crippen LogP contribution in [0.15, 0.2) is 48.6 Å². The zero-order chi connectivity index (χ0) is 31.9. The second-order valence-corrected chi connectivity index (χ2v) is 14.4. The van der Waals surface area contributed by atoms with Gasteiger partial charge in [0, 0.05) is 31.8 Å². The molecule has 0 amide bonds. The lowest BCUT2D eigenvalue weighted by atomic mass is 9.70. The molecule has 9 nitrogen and oxygen atoms in total. The number of primary sulfonamides is 1. The predicted molar refractivity (Wildman–Crippen MR) is 173 cm³/mol. The first-order valence-electron chi connectivity index (χ1n) is 15.4. The van der Waals surface area contributed by atoms with Crippen molar-refractivity contribution in [3.63, 3.8) is 0 Å². The number of allylic oxidation sites excluding steroid dienone is 1. The van der Waals surface area contributed by atoms with E-state index in [9.17, 15) is 23.4 Å². The number of aliphatic hydroxyl groups excluding tert-OH is 1. The number of halogens is 1. The number of hydrogen-bond acceptors (Lipinski definition) is 7. The number of methoxy groups -OCH3 is 1. The lowest BCUT2D eigenvalue weighted by Crippen LogP contribution is -2.43. The standard InChI is InChI=1S/C33H45ClN2O7S/c1-22(32(15-17-42-2)44(35,40)41)6-5-8-30(37)28-13-10-25(28)20-36-16-4-3-7-23-18-27(34)12-9-26(23)21-43-31-14-11-24(33(38)39)19-29(31)36/h5,8-9,11-12,14,18-19,22,25,28,30,32,37H,3-4,6-7,10,13,15-17,20-21H2,1-2H3,(H,38,39)(H2,35,40,41)/b8-5+/t22-,25-,28+,30-,32+/m0/s1. The van der Waals surface area contributed by atoms with Gasteiger partial charge in [-0.2, -0.15) is 0 Å². The number of carboxylic acid groups (broad SMARTS) is 1. The number of fused-ring (bicyclic) bond motifs is 2. The first-order valence-corrected chi connectivity index (χ1v) is 17.3. The molecule has 2 aromatic carbocycles. The Morgan fingerprint density at radius 3 is 2.68 bits per heavy atom. The minimum atomic E-state index is -3.72. The normalized spacial score (nSPS) is 21.2. The van der Waals surface area contributed by atoms with E-state index >= 15 is 0 Å². The third-order valence-electron chi connectivity index (χ3n) is 9.10. The first kappa shape index (κ1) is 34.2. The van der Waals surface area contributed by atoms with Gasteiger partial charge >= 0.3 is 5.97 Å². The monoisotopic (exact) mass is 648 g/mol. The fourth-order valence-electron chi connectivity index (χ4n) is 6.36. The molecule has 5 atom stereocenters. The molecular weight excluding hydrogens is 604 g/mol. The third-order valence-corrected chi connectivity index (χ3v) is 10.9. The van der Waals surface area contributed by atoms with Gasteiger partial charge in [-0.25, -0.2) is 18.4 Å². The van der Waals surface area contributed by atoms with E-state index in [0.717, 1.165) is 55.5 Å². The molecule has 0 bridgehead atoms. The minimum Gasteiger partial charge on any atom is -0.487 e. The van der Waals surface area contributed by atoms with E-state index in [1.54, 1.807) is 24.3 Å². The Bertz CT molecular complexity index is 1420. The van der Waals surface area contributed by atoms with Gasteiger partial charge in [0.2, 0.25) is 10.0 Å². The smallest absolute Gasteiger partial charge is 0.335 e. The summed E-state index contributed by atoms with van der Waals surface area (Å²) in [7, 11) is -2.19. The second kappa shape index (κ2) is 15.6. The molecule has 0 unspecified atom stereocenters. The van der Waals surface area contributed by atoms with Crippen LogP contribution < -0.4 is 14.8 Å². The van der Waals surface area contributed by atoms with Crippen LogP contribution in [-0.2, 0) is 27.8 Å². The molecular formula is C33H45ClN2O7S. The van der Waals surface area contributed by atoms with Crippen LogP contribution in [0.1, 0.15) is 66.9 Å². The Labute approximate surface area is 266 Å². The summed E-state index contributed by atoms with van der Waals surface area (Å²) < 4.78 is 35.5. The molecule has 1 aliphatic heterocycles. The molecule has 0 radical (unpaired) electrons. The van der Waals surface area contributed by atoms with Crippen LogP contribution in [0, 0.1) is 17.8 Å². The van der Waals surface area contributed by atoms with Gasteiger partial charge in [-0.15, -0.1) is 0 Å². The number of ether oxygens (including phenoxy) is 2. The summed E-state index contributed by atoms with van der Waals surface area (Å²) in [5.41, 5.74) is 3.17. The molecule has 242 valence electrons. The molecule has 1 heterocycles. The van der Waals surface area contributed by atoms with Crippen molar-refractivity contribution in [3.05, 3.63) is 70.3 Å². The van der Waals surface area contributed by atoms with Gasteiger partial charge in [0.25, 0.3) is 0 Å². The Kier molecular flexibility index (Phi) is 12.1. The number of nitrogens with zero attached hydrogens (tertiary/aromatic N) is 1. The number of nitrogens with two attached hydrogens (primary N) is 1. The molecule has 0 aromatic heterocycles. The summed E-state index contributed by atoms with van der Waals surface area (Å²) in [6.07, 6.45) is 8.30. The fourth-order valence-corrected chi connectivity index (χ4v) is 7.74. The number of aryl methyl sites for hydroxylation is 1. The van der Waals surface area contributed by atoms with Crippen molar-refractivity contribution >= 4 is 33.3 Å². The van der Waals surface area contributed by atoms with E-state index < -0.39 is 27.3 Å². The zero-order valence-electron chi connectivity index (χ0n) is 25.5. The van der Waals surface area contributed by atoms with Crippen molar-refractivity contribution in [1.82, 2.24) is 0 Å². The molecule has 1 fully saturated rings. The van der Waals surface area contributed by atoms with Crippen molar-refractivity contribution in [3.8, 4) is 5.75 Å². The van der Waals surface area contributed by atoms with E-state index in [0.29, 0.717) is 43.4 Å². The maximum absolute atomic E-state index is 12.1. The fraction of sp³-hybridized carbons (Fsp3) is 0.545. The molecule has 4 N–H and O–H groups in total. The summed E-state index contributed by atoms with van der Waals surface area (Å²) >= 11 is 6.28. The van der Waals surface area contributed by atoms with Gasteiger partial charge in [-0.1, -0.05) is 36.7 Å². The minimum absolute atomic E-state index is 0.0423. The molecule has 1 saturated carbocycles. The highest BCUT2D eigenvalue weighted by Crippen LogP contribution is 2.41. The van der Waals surface area contributed by atoms with E-state index in [2.05, 4.69) is 4.90 Å². The van der Waals surface area contributed by atoms with Gasteiger partial charge in [-0.3, -0.25) is 0 Å². The summed E-state index contributed by atoms with van der Waals surface area (Å²) in [5, 5.41) is 26.3. The average molecular weight is 649 g/mol. The average Bonchev–Trinajstić information content (AvgIpc) is 2.97. The summed E-state index contributed by atoms with van der Waals surface area (Å²) in [6.45, 7) is 3.89. The van der Waals surface area contributed by atoms with Crippen LogP contribution in [0.25, 0.3) is 0 Å². The maximum atomic E-state index is 12.1. The largest absolute Gasteiger partial charge is 0.487 e. The van der Waals surface area contributed by atoms with Crippen molar-refractivity contribution in [2.75, 3.05) is 31.7 Å². The first-order chi connectivity index (χ1) is 21.0. The Morgan fingerprint density at radius 1 is 1.20 bits per heavy atom. The van der Waals surface area contributed by atoms with Gasteiger partial charge in [-0.05, 0) is 104 Å². The molecule has 2 aliphatic rings. The quantitative estimate of drug-likeness (QED) is 0.259. The SMILES string of the molecule is COCC[C@H]([C@@H](C)C/C=C/[C@H](O)[C@@H]1CC[C@H]1CN1CCCCc2cc(Cl)ccc2COc2ccc(C(=O)O)cc21)S(N)(=O)=O. The van der Waals surface area contributed by atoms with Crippen LogP contribution in [0.2, 0.25) is 5.02 Å². The van der Waals surface area contributed by atoms with E-state index in [-0.39, 0.29) is 23.3 Å². The molecule has 0 spiro atoms. The number of hydrogen-bond donors (Lipinski definition) is 3. The number of carboxylic acids is 1. The summed E-state index contributed by atoms with van der Waals surface area (Å²) in [4.78, 5) is 14.1. The maximum Gasteiger partial charge on any atom is 0.335 e. The van der Waals surface area contributed by atoms with Crippen LogP contribution in [-0.4, -0.2) is 62.8 Å². The summed E-state index contributed by atoms with van der Waals surface area (Å²) in [6, 6.07) is 10.8. The van der Waals surface area contributed by atoms with E-state index in [4.69, 9.17) is 26.2 Å². The highest BCUT2D eigenvalue weighted by Gasteiger charge is 2.37. The van der Waals surface area contributed by atoms with Crippen LogP contribution in [0.5, 0.6) is 5.75 Å². The van der Waals surface area contributed by atoms with Crippen LogP contribution in [0.3, 0.4) is 0 Å². The van der Waals surface area contributed by atoms with Gasteiger partial charge < -0.3 is 24.6 Å². The highest BCUT2D eigenvalue weighted by atomic mass is 35.5.